The predicted molar refractivity (Wildman–Crippen MR) is 53.2 cm³/mol. The first-order valence-corrected chi connectivity index (χ1v) is 4.82. The minimum atomic E-state index is -4.65. The molecule has 1 aromatic carbocycles. The molecule has 0 amide bonds. The maximum absolute atomic E-state index is 12.1. The number of benzene rings is 1. The molecule has 0 radical (unpaired) electrons. The third-order valence-corrected chi connectivity index (χ3v) is 2.04. The van der Waals surface area contributed by atoms with Crippen molar-refractivity contribution in [3.63, 3.8) is 0 Å². The first-order chi connectivity index (χ1) is 7.46. The van der Waals surface area contributed by atoms with Crippen molar-refractivity contribution in [2.75, 3.05) is 7.11 Å². The highest BCUT2D eigenvalue weighted by Crippen LogP contribution is 2.27. The van der Waals surface area contributed by atoms with E-state index >= 15 is 0 Å². The lowest BCUT2D eigenvalue weighted by atomic mass is 10.1. The van der Waals surface area contributed by atoms with Gasteiger partial charge >= 0.3 is 6.36 Å². The van der Waals surface area contributed by atoms with Gasteiger partial charge < -0.3 is 9.47 Å². The van der Waals surface area contributed by atoms with Gasteiger partial charge in [-0.15, -0.1) is 13.2 Å². The molecule has 0 aliphatic rings. The van der Waals surface area contributed by atoms with Gasteiger partial charge in [0.05, 0.1) is 6.61 Å². The lowest BCUT2D eigenvalue weighted by Crippen LogP contribution is -2.18. The highest BCUT2D eigenvalue weighted by atomic mass is 19.4. The van der Waals surface area contributed by atoms with Crippen molar-refractivity contribution < 1.29 is 22.6 Å². The molecule has 0 saturated carbocycles. The Morgan fingerprint density at radius 1 is 1.25 bits per heavy atom. The Kier molecular flexibility index (Phi) is 4.18. The van der Waals surface area contributed by atoms with Crippen molar-refractivity contribution >= 4 is 0 Å². The topological polar surface area (TPSA) is 18.5 Å². The molecule has 0 unspecified atom stereocenters. The fourth-order valence-corrected chi connectivity index (χ4v) is 1.39. The SMILES string of the molecule is CCc1cc(COC)ccc1OC(F)(F)F. The summed E-state index contributed by atoms with van der Waals surface area (Å²) in [6.07, 6.45) is -4.17. The number of hydrogen-bond acceptors (Lipinski definition) is 2. The maximum Gasteiger partial charge on any atom is 0.573 e. The van der Waals surface area contributed by atoms with Crippen molar-refractivity contribution in [2.45, 2.75) is 26.3 Å². The highest BCUT2D eigenvalue weighted by molar-refractivity contribution is 5.37. The van der Waals surface area contributed by atoms with Crippen molar-refractivity contribution in [3.8, 4) is 5.75 Å². The van der Waals surface area contributed by atoms with Crippen molar-refractivity contribution in [1.82, 2.24) is 0 Å². The Balaban J connectivity index is 2.93. The Bertz CT molecular complexity index is 348. The summed E-state index contributed by atoms with van der Waals surface area (Å²) in [6, 6.07) is 4.54. The molecule has 0 aliphatic heterocycles. The van der Waals surface area contributed by atoms with Crippen LogP contribution in [0.15, 0.2) is 18.2 Å². The summed E-state index contributed by atoms with van der Waals surface area (Å²) in [5, 5.41) is 0. The summed E-state index contributed by atoms with van der Waals surface area (Å²) < 4.78 is 45.0. The van der Waals surface area contributed by atoms with Crippen LogP contribution in [0.2, 0.25) is 0 Å². The monoisotopic (exact) mass is 234 g/mol. The lowest BCUT2D eigenvalue weighted by Gasteiger charge is -2.13. The molecule has 0 aliphatic carbocycles. The van der Waals surface area contributed by atoms with Gasteiger partial charge in [0.25, 0.3) is 0 Å². The smallest absolute Gasteiger partial charge is 0.406 e. The third-order valence-electron chi connectivity index (χ3n) is 2.04. The van der Waals surface area contributed by atoms with Crippen LogP contribution in [-0.4, -0.2) is 13.5 Å². The largest absolute Gasteiger partial charge is 0.573 e. The van der Waals surface area contributed by atoms with Crippen LogP contribution in [0.4, 0.5) is 13.2 Å². The minimum absolute atomic E-state index is 0.144. The fourth-order valence-electron chi connectivity index (χ4n) is 1.39. The molecule has 0 spiro atoms. The van der Waals surface area contributed by atoms with E-state index in [2.05, 4.69) is 4.74 Å². The quantitative estimate of drug-likeness (QED) is 0.795. The molecule has 16 heavy (non-hydrogen) atoms. The third kappa shape index (κ3) is 3.73. The Labute approximate surface area is 92.0 Å². The standard InChI is InChI=1S/C11H13F3O2/c1-3-9-6-8(7-15-2)4-5-10(9)16-11(12,13)14/h4-6H,3,7H2,1-2H3. The molecule has 0 N–H and O–H groups in total. The molecule has 1 rings (SSSR count). The van der Waals surface area contributed by atoms with Gasteiger partial charge in [-0.2, -0.15) is 0 Å². The van der Waals surface area contributed by atoms with Gasteiger partial charge in [-0.3, -0.25) is 0 Å². The normalized spacial score (nSPS) is 11.6. The Morgan fingerprint density at radius 3 is 2.44 bits per heavy atom. The first kappa shape index (κ1) is 12.8. The van der Waals surface area contributed by atoms with Crippen LogP contribution in [0, 0.1) is 0 Å². The summed E-state index contributed by atoms with van der Waals surface area (Å²) in [5.41, 5.74) is 1.35. The fraction of sp³-hybridized carbons (Fsp3) is 0.455. The zero-order chi connectivity index (χ0) is 12.2. The summed E-state index contributed by atoms with van der Waals surface area (Å²) in [4.78, 5) is 0. The number of alkyl halides is 3. The van der Waals surface area contributed by atoms with Crippen molar-refractivity contribution in [3.05, 3.63) is 29.3 Å². The zero-order valence-corrected chi connectivity index (χ0v) is 9.10. The van der Waals surface area contributed by atoms with Gasteiger partial charge in [0.2, 0.25) is 0 Å². The Morgan fingerprint density at radius 2 is 1.94 bits per heavy atom. The molecule has 0 atom stereocenters. The molecular formula is C11H13F3O2. The molecule has 0 bridgehead atoms. The van der Waals surface area contributed by atoms with E-state index in [1.54, 1.807) is 19.1 Å². The second kappa shape index (κ2) is 5.21. The lowest BCUT2D eigenvalue weighted by molar-refractivity contribution is -0.274. The minimum Gasteiger partial charge on any atom is -0.406 e. The van der Waals surface area contributed by atoms with Crippen LogP contribution in [0.25, 0.3) is 0 Å². The van der Waals surface area contributed by atoms with Gasteiger partial charge in [-0.05, 0) is 29.7 Å². The van der Waals surface area contributed by atoms with Crippen LogP contribution in [0.1, 0.15) is 18.1 Å². The molecule has 0 heterocycles. The number of hydrogen-bond donors (Lipinski definition) is 0. The second-order valence-electron chi connectivity index (χ2n) is 3.28. The van der Waals surface area contributed by atoms with Gasteiger partial charge in [-0.25, -0.2) is 0 Å². The predicted octanol–water partition coefficient (Wildman–Crippen LogP) is 3.29. The Hall–Kier alpha value is -1.23. The van der Waals surface area contributed by atoms with E-state index in [1.165, 1.54) is 13.2 Å². The number of aryl methyl sites for hydroxylation is 1. The molecule has 90 valence electrons. The molecular weight excluding hydrogens is 221 g/mol. The van der Waals surface area contributed by atoms with Gasteiger partial charge in [0.15, 0.2) is 0 Å². The average molecular weight is 234 g/mol. The number of ether oxygens (including phenoxy) is 2. The maximum atomic E-state index is 12.1. The van der Waals surface area contributed by atoms with Crippen LogP contribution in [0.3, 0.4) is 0 Å². The summed E-state index contributed by atoms with van der Waals surface area (Å²) in [7, 11) is 1.53. The molecule has 0 aromatic heterocycles. The van der Waals surface area contributed by atoms with E-state index < -0.39 is 6.36 Å². The summed E-state index contributed by atoms with van der Waals surface area (Å²) in [5.74, 6) is -0.144. The number of rotatable bonds is 4. The summed E-state index contributed by atoms with van der Waals surface area (Å²) in [6.45, 7) is 2.15. The van der Waals surface area contributed by atoms with Gasteiger partial charge in [0.1, 0.15) is 5.75 Å². The molecule has 1 aromatic rings. The van der Waals surface area contributed by atoms with E-state index in [0.29, 0.717) is 18.6 Å². The number of halogens is 3. The molecule has 0 saturated heterocycles. The van der Waals surface area contributed by atoms with Crippen LogP contribution < -0.4 is 4.74 Å². The van der Waals surface area contributed by atoms with Crippen LogP contribution in [0.5, 0.6) is 5.75 Å². The number of methoxy groups -OCH3 is 1. The highest BCUT2D eigenvalue weighted by Gasteiger charge is 2.31. The van der Waals surface area contributed by atoms with Crippen LogP contribution >= 0.6 is 0 Å². The first-order valence-electron chi connectivity index (χ1n) is 4.82. The van der Waals surface area contributed by atoms with E-state index in [0.717, 1.165) is 5.56 Å². The van der Waals surface area contributed by atoms with E-state index in [4.69, 9.17) is 4.74 Å². The second-order valence-corrected chi connectivity index (χ2v) is 3.28. The zero-order valence-electron chi connectivity index (χ0n) is 9.10. The van der Waals surface area contributed by atoms with E-state index in [1.807, 2.05) is 0 Å². The summed E-state index contributed by atoms with van der Waals surface area (Å²) >= 11 is 0. The van der Waals surface area contributed by atoms with Gasteiger partial charge in [0, 0.05) is 7.11 Å². The van der Waals surface area contributed by atoms with E-state index in [-0.39, 0.29) is 5.75 Å². The van der Waals surface area contributed by atoms with Gasteiger partial charge in [-0.1, -0.05) is 13.0 Å². The molecule has 5 heteroatoms. The van der Waals surface area contributed by atoms with Crippen LogP contribution in [-0.2, 0) is 17.8 Å². The van der Waals surface area contributed by atoms with Crippen molar-refractivity contribution in [2.24, 2.45) is 0 Å². The average Bonchev–Trinajstić information content (AvgIpc) is 2.18. The molecule has 0 fully saturated rings. The molecule has 2 nitrogen and oxygen atoms in total. The van der Waals surface area contributed by atoms with Crippen molar-refractivity contribution in [1.29, 1.82) is 0 Å². The van der Waals surface area contributed by atoms with E-state index in [9.17, 15) is 13.2 Å².